The zero-order chi connectivity index (χ0) is 16.8. The van der Waals surface area contributed by atoms with E-state index in [0.29, 0.717) is 23.2 Å². The van der Waals surface area contributed by atoms with E-state index in [-0.39, 0.29) is 18.4 Å². The highest BCUT2D eigenvalue weighted by molar-refractivity contribution is 6.30. The van der Waals surface area contributed by atoms with Gasteiger partial charge in [0.1, 0.15) is 0 Å². The predicted molar refractivity (Wildman–Crippen MR) is 91.7 cm³/mol. The number of carbonyl (C=O) groups excluding carboxylic acids is 2. The molecule has 0 spiro atoms. The number of anilines is 1. The van der Waals surface area contributed by atoms with Gasteiger partial charge in [0.05, 0.1) is 7.05 Å². The van der Waals surface area contributed by atoms with Crippen molar-refractivity contribution in [3.63, 3.8) is 0 Å². The second-order valence-corrected chi connectivity index (χ2v) is 6.89. The number of nitrogens with zero attached hydrogens (tertiary/aromatic N) is 1. The van der Waals surface area contributed by atoms with Crippen molar-refractivity contribution in [2.24, 2.45) is 5.92 Å². The Morgan fingerprint density at radius 1 is 1.30 bits per heavy atom. The Morgan fingerprint density at radius 2 is 2.00 bits per heavy atom. The predicted octanol–water partition coefficient (Wildman–Crippen LogP) is 1.05. The van der Waals surface area contributed by atoms with Crippen molar-refractivity contribution < 1.29 is 14.5 Å². The van der Waals surface area contributed by atoms with Crippen LogP contribution in [0, 0.1) is 5.92 Å². The van der Waals surface area contributed by atoms with Gasteiger partial charge in [-0.15, -0.1) is 0 Å². The lowest BCUT2D eigenvalue weighted by atomic mass is 10.0. The number of carbonyl (C=O) groups is 2. The molecule has 5 nitrogen and oxygen atoms in total. The van der Waals surface area contributed by atoms with Gasteiger partial charge < -0.3 is 15.1 Å². The van der Waals surface area contributed by atoms with E-state index in [0.717, 1.165) is 24.4 Å². The van der Waals surface area contributed by atoms with Gasteiger partial charge in [-0.2, -0.15) is 0 Å². The van der Waals surface area contributed by atoms with Crippen molar-refractivity contribution in [1.29, 1.82) is 0 Å². The van der Waals surface area contributed by atoms with Crippen LogP contribution in [0.15, 0.2) is 24.3 Å². The van der Waals surface area contributed by atoms with Crippen molar-refractivity contribution in [2.45, 2.75) is 19.8 Å². The van der Waals surface area contributed by atoms with Crippen LogP contribution in [0.3, 0.4) is 0 Å². The van der Waals surface area contributed by atoms with Gasteiger partial charge in [-0.25, -0.2) is 0 Å². The molecule has 1 saturated heterocycles. The van der Waals surface area contributed by atoms with E-state index >= 15 is 0 Å². The molecule has 1 aromatic carbocycles. The minimum absolute atomic E-state index is 0.107. The van der Waals surface area contributed by atoms with Crippen LogP contribution in [-0.2, 0) is 9.59 Å². The minimum atomic E-state index is -0.107. The smallest absolute Gasteiger partial charge is 0.279 e. The number of amides is 2. The average molecular weight is 339 g/mol. The summed E-state index contributed by atoms with van der Waals surface area (Å²) in [6.45, 7) is 4.46. The van der Waals surface area contributed by atoms with E-state index in [1.165, 1.54) is 6.42 Å². The van der Waals surface area contributed by atoms with E-state index < -0.39 is 0 Å². The van der Waals surface area contributed by atoms with E-state index in [1.807, 2.05) is 11.9 Å². The number of halogens is 1. The second kappa shape index (κ2) is 8.31. The molecule has 6 heteroatoms. The van der Waals surface area contributed by atoms with Crippen molar-refractivity contribution in [2.75, 3.05) is 38.5 Å². The fourth-order valence-corrected chi connectivity index (χ4v) is 2.99. The van der Waals surface area contributed by atoms with Crippen LogP contribution in [0.1, 0.15) is 19.8 Å². The third-order valence-corrected chi connectivity index (χ3v) is 4.31. The van der Waals surface area contributed by atoms with Gasteiger partial charge in [0, 0.05) is 23.8 Å². The van der Waals surface area contributed by atoms with Gasteiger partial charge in [-0.05, 0) is 43.0 Å². The van der Waals surface area contributed by atoms with Crippen molar-refractivity contribution in [3.8, 4) is 0 Å². The van der Waals surface area contributed by atoms with E-state index in [9.17, 15) is 9.59 Å². The van der Waals surface area contributed by atoms with Crippen molar-refractivity contribution in [1.82, 2.24) is 4.90 Å². The zero-order valence-corrected chi connectivity index (χ0v) is 14.5. The number of quaternary nitrogens is 1. The first-order valence-electron chi connectivity index (χ1n) is 8.08. The standard InChI is InChI=1S/C17H24ClN3O2/c1-13-4-3-9-21(10-13)17(23)12-20(2)11-16(22)19-15-7-5-14(18)6-8-15/h5-8,13H,3-4,9-12H2,1-2H3,(H,19,22)/p+1/t13-/m0/s1. The summed E-state index contributed by atoms with van der Waals surface area (Å²) in [5.74, 6) is 0.596. The second-order valence-electron chi connectivity index (χ2n) is 6.45. The molecule has 1 aliphatic rings. The fraction of sp³-hybridized carbons (Fsp3) is 0.529. The summed E-state index contributed by atoms with van der Waals surface area (Å²) in [5, 5.41) is 3.45. The molecule has 1 fully saturated rings. The Hall–Kier alpha value is -1.59. The van der Waals surface area contributed by atoms with Crippen LogP contribution in [0.4, 0.5) is 5.69 Å². The molecular weight excluding hydrogens is 314 g/mol. The summed E-state index contributed by atoms with van der Waals surface area (Å²) in [5.41, 5.74) is 0.711. The Bertz CT molecular complexity index is 547. The van der Waals surface area contributed by atoms with Crippen molar-refractivity contribution >= 4 is 29.1 Å². The molecule has 2 amide bonds. The van der Waals surface area contributed by atoms with Gasteiger partial charge in [-0.1, -0.05) is 18.5 Å². The van der Waals surface area contributed by atoms with Crippen molar-refractivity contribution in [3.05, 3.63) is 29.3 Å². The highest BCUT2D eigenvalue weighted by Gasteiger charge is 2.24. The maximum absolute atomic E-state index is 12.3. The first-order valence-corrected chi connectivity index (χ1v) is 8.46. The topological polar surface area (TPSA) is 53.9 Å². The van der Waals surface area contributed by atoms with Crippen LogP contribution in [0.25, 0.3) is 0 Å². The van der Waals surface area contributed by atoms with E-state index in [1.54, 1.807) is 24.3 Å². The number of nitrogens with one attached hydrogen (secondary N) is 2. The number of hydrogen-bond donors (Lipinski definition) is 2. The number of piperidine rings is 1. The number of likely N-dealkylation sites (tertiary alicyclic amines) is 1. The molecule has 23 heavy (non-hydrogen) atoms. The summed E-state index contributed by atoms with van der Waals surface area (Å²) >= 11 is 5.81. The van der Waals surface area contributed by atoms with Gasteiger partial charge >= 0.3 is 0 Å². The zero-order valence-electron chi connectivity index (χ0n) is 13.8. The Kier molecular flexibility index (Phi) is 6.42. The van der Waals surface area contributed by atoms with Crippen LogP contribution < -0.4 is 10.2 Å². The molecule has 0 saturated carbocycles. The molecule has 0 bridgehead atoms. The summed E-state index contributed by atoms with van der Waals surface area (Å²) in [6.07, 6.45) is 2.26. The normalized spacial score (nSPS) is 19.3. The molecule has 1 unspecified atom stereocenters. The minimum Gasteiger partial charge on any atom is -0.338 e. The fourth-order valence-electron chi connectivity index (χ4n) is 2.86. The molecular formula is C17H25ClN3O2+. The summed E-state index contributed by atoms with van der Waals surface area (Å²) in [7, 11) is 1.87. The highest BCUT2D eigenvalue weighted by atomic mass is 35.5. The molecule has 2 N–H and O–H groups in total. The molecule has 1 heterocycles. The third kappa shape index (κ3) is 5.84. The van der Waals surface area contributed by atoms with E-state index in [2.05, 4.69) is 12.2 Å². The van der Waals surface area contributed by atoms with Gasteiger partial charge in [-0.3, -0.25) is 9.59 Å². The SMILES string of the molecule is C[C@H]1CCCN(C(=O)C[NH+](C)CC(=O)Nc2ccc(Cl)cc2)C1. The molecule has 2 rings (SSSR count). The quantitative estimate of drug-likeness (QED) is 0.843. The molecule has 126 valence electrons. The lowest BCUT2D eigenvalue weighted by Gasteiger charge is -2.31. The highest BCUT2D eigenvalue weighted by Crippen LogP contribution is 2.15. The number of rotatable bonds is 5. The summed E-state index contributed by atoms with van der Waals surface area (Å²) < 4.78 is 0. The molecule has 1 aliphatic heterocycles. The molecule has 0 aromatic heterocycles. The van der Waals surface area contributed by atoms with Gasteiger partial charge in [0.2, 0.25) is 0 Å². The first kappa shape index (κ1) is 17.8. The molecule has 1 aromatic rings. The van der Waals surface area contributed by atoms with Crippen LogP contribution >= 0.6 is 11.6 Å². The maximum Gasteiger partial charge on any atom is 0.279 e. The summed E-state index contributed by atoms with van der Waals surface area (Å²) in [4.78, 5) is 27.1. The van der Waals surface area contributed by atoms with Crippen LogP contribution in [0.2, 0.25) is 5.02 Å². The molecule has 2 atom stereocenters. The first-order chi connectivity index (χ1) is 10.9. The monoisotopic (exact) mass is 338 g/mol. The Morgan fingerprint density at radius 3 is 2.65 bits per heavy atom. The lowest BCUT2D eigenvalue weighted by molar-refractivity contribution is -0.862. The summed E-state index contributed by atoms with van der Waals surface area (Å²) in [6, 6.07) is 6.98. The molecule has 0 aliphatic carbocycles. The Balaban J connectivity index is 1.77. The Labute approximate surface area is 142 Å². The molecule has 0 radical (unpaired) electrons. The van der Waals surface area contributed by atoms with Crippen LogP contribution in [-0.4, -0.2) is 49.9 Å². The largest absolute Gasteiger partial charge is 0.338 e. The maximum atomic E-state index is 12.3. The third-order valence-electron chi connectivity index (χ3n) is 4.05. The van der Waals surface area contributed by atoms with Gasteiger partial charge in [0.15, 0.2) is 13.1 Å². The number of likely N-dealkylation sites (N-methyl/N-ethyl adjacent to an activating group) is 1. The number of hydrogen-bond acceptors (Lipinski definition) is 2. The van der Waals surface area contributed by atoms with Gasteiger partial charge in [0.25, 0.3) is 11.8 Å². The number of benzene rings is 1. The average Bonchev–Trinajstić information content (AvgIpc) is 2.49. The van der Waals surface area contributed by atoms with Crippen LogP contribution in [0.5, 0.6) is 0 Å². The van der Waals surface area contributed by atoms with E-state index in [4.69, 9.17) is 11.6 Å². The lowest BCUT2D eigenvalue weighted by Crippen LogP contribution is -3.11.